The van der Waals surface area contributed by atoms with Gasteiger partial charge in [-0.05, 0) is 25.3 Å². The quantitative estimate of drug-likeness (QED) is 0.835. The zero-order valence-corrected chi connectivity index (χ0v) is 11.3. The molecule has 5 heteroatoms. The predicted molar refractivity (Wildman–Crippen MR) is 72.6 cm³/mol. The number of nitrogens with zero attached hydrogens (tertiary/aromatic N) is 2. The van der Waals surface area contributed by atoms with Crippen molar-refractivity contribution in [2.45, 2.75) is 38.6 Å². The molecular formula is C13H18ClN3O. The number of halogens is 1. The summed E-state index contributed by atoms with van der Waals surface area (Å²) in [5.74, 6) is -0.0206. The molecular weight excluding hydrogens is 250 g/mol. The van der Waals surface area contributed by atoms with Gasteiger partial charge in [0.1, 0.15) is 5.15 Å². The van der Waals surface area contributed by atoms with E-state index in [1.165, 1.54) is 6.20 Å². The van der Waals surface area contributed by atoms with Crippen LogP contribution in [0, 0.1) is 0 Å². The molecule has 0 aromatic carbocycles. The number of carbonyl (C=O) groups excluding carboxylic acids is 1. The number of nitrogen functional groups attached to an aromatic ring is 1. The maximum atomic E-state index is 12.5. The van der Waals surface area contributed by atoms with Gasteiger partial charge in [0.15, 0.2) is 0 Å². The van der Waals surface area contributed by atoms with Gasteiger partial charge in [-0.15, -0.1) is 0 Å². The molecule has 1 aliphatic carbocycles. The van der Waals surface area contributed by atoms with Gasteiger partial charge in [-0.3, -0.25) is 4.79 Å². The van der Waals surface area contributed by atoms with E-state index in [0.29, 0.717) is 22.4 Å². The molecule has 1 aliphatic rings. The van der Waals surface area contributed by atoms with Gasteiger partial charge in [0.25, 0.3) is 5.91 Å². The van der Waals surface area contributed by atoms with Crippen molar-refractivity contribution in [3.8, 4) is 0 Å². The molecule has 98 valence electrons. The van der Waals surface area contributed by atoms with Crippen molar-refractivity contribution in [3.63, 3.8) is 0 Å². The lowest BCUT2D eigenvalue weighted by molar-refractivity contribution is 0.0741. The second kappa shape index (κ2) is 5.57. The molecule has 2 rings (SSSR count). The van der Waals surface area contributed by atoms with Crippen LogP contribution in [0.15, 0.2) is 12.3 Å². The molecule has 0 unspecified atom stereocenters. The lowest BCUT2D eigenvalue weighted by Crippen LogP contribution is -2.34. The van der Waals surface area contributed by atoms with Crippen molar-refractivity contribution in [3.05, 3.63) is 23.0 Å². The summed E-state index contributed by atoms with van der Waals surface area (Å²) < 4.78 is 0. The van der Waals surface area contributed by atoms with Gasteiger partial charge in [-0.2, -0.15) is 0 Å². The van der Waals surface area contributed by atoms with Crippen LogP contribution in [0.4, 0.5) is 5.69 Å². The first-order chi connectivity index (χ1) is 8.63. The number of rotatable bonds is 5. The molecule has 1 aromatic rings. The smallest absolute Gasteiger partial charge is 0.256 e. The van der Waals surface area contributed by atoms with E-state index in [9.17, 15) is 4.79 Å². The standard InChI is InChI=1S/C13H18ClN3O/c1-2-3-6-17(9-4-5-9)13(18)10-7-12(14)16-8-11(10)15/h7-9H,2-6,15H2,1H3. The van der Waals surface area contributed by atoms with Gasteiger partial charge in [0.05, 0.1) is 17.4 Å². The van der Waals surface area contributed by atoms with Gasteiger partial charge in [-0.1, -0.05) is 24.9 Å². The first-order valence-electron chi connectivity index (χ1n) is 6.35. The Balaban J connectivity index is 2.19. The minimum absolute atomic E-state index is 0.0206. The highest BCUT2D eigenvalue weighted by molar-refractivity contribution is 6.29. The van der Waals surface area contributed by atoms with E-state index in [2.05, 4.69) is 11.9 Å². The average molecular weight is 268 g/mol. The summed E-state index contributed by atoms with van der Waals surface area (Å²) in [5.41, 5.74) is 6.67. The Bertz CT molecular complexity index is 446. The molecule has 1 amide bonds. The molecule has 4 nitrogen and oxygen atoms in total. The minimum atomic E-state index is -0.0206. The Kier molecular flexibility index (Phi) is 4.07. The van der Waals surface area contributed by atoms with Crippen LogP contribution in [0.25, 0.3) is 0 Å². The summed E-state index contributed by atoms with van der Waals surface area (Å²) in [7, 11) is 0. The number of amides is 1. The maximum absolute atomic E-state index is 12.5. The summed E-state index contributed by atoms with van der Waals surface area (Å²) in [6.07, 6.45) is 5.72. The van der Waals surface area contributed by atoms with E-state index < -0.39 is 0 Å². The van der Waals surface area contributed by atoms with Crippen LogP contribution in [0.5, 0.6) is 0 Å². The molecule has 18 heavy (non-hydrogen) atoms. The monoisotopic (exact) mass is 267 g/mol. The molecule has 1 heterocycles. The van der Waals surface area contributed by atoms with E-state index in [1.54, 1.807) is 6.07 Å². The number of nitrogens with two attached hydrogens (primary N) is 1. The highest BCUT2D eigenvalue weighted by Gasteiger charge is 2.33. The lowest BCUT2D eigenvalue weighted by atomic mass is 10.2. The van der Waals surface area contributed by atoms with Crippen LogP contribution in [0.2, 0.25) is 5.15 Å². The Morgan fingerprint density at radius 3 is 2.94 bits per heavy atom. The number of aromatic nitrogens is 1. The van der Waals surface area contributed by atoms with Crippen LogP contribution in [0.3, 0.4) is 0 Å². The third-order valence-corrected chi connectivity index (χ3v) is 3.34. The van der Waals surface area contributed by atoms with Crippen LogP contribution in [-0.2, 0) is 0 Å². The first kappa shape index (κ1) is 13.1. The van der Waals surface area contributed by atoms with Gasteiger partial charge in [-0.25, -0.2) is 4.98 Å². The van der Waals surface area contributed by atoms with Gasteiger partial charge in [0.2, 0.25) is 0 Å². The number of unbranched alkanes of at least 4 members (excludes halogenated alkanes) is 1. The Hall–Kier alpha value is -1.29. The fourth-order valence-corrected chi connectivity index (χ4v) is 2.10. The zero-order chi connectivity index (χ0) is 13.1. The van der Waals surface area contributed by atoms with Crippen molar-refractivity contribution < 1.29 is 4.79 Å². The molecule has 0 saturated heterocycles. The molecule has 2 N–H and O–H groups in total. The van der Waals surface area contributed by atoms with Gasteiger partial charge < -0.3 is 10.6 Å². The largest absolute Gasteiger partial charge is 0.397 e. The van der Waals surface area contributed by atoms with E-state index >= 15 is 0 Å². The van der Waals surface area contributed by atoms with Crippen LogP contribution >= 0.6 is 11.6 Å². The van der Waals surface area contributed by atoms with Crippen LogP contribution in [0.1, 0.15) is 43.0 Å². The maximum Gasteiger partial charge on any atom is 0.256 e. The number of pyridine rings is 1. The van der Waals surface area contributed by atoms with Crippen molar-refractivity contribution in [2.24, 2.45) is 0 Å². The molecule has 0 aliphatic heterocycles. The topological polar surface area (TPSA) is 59.2 Å². The van der Waals surface area contributed by atoms with Crippen molar-refractivity contribution in [1.82, 2.24) is 9.88 Å². The summed E-state index contributed by atoms with van der Waals surface area (Å²) in [5, 5.41) is 0.304. The highest BCUT2D eigenvalue weighted by atomic mass is 35.5. The Morgan fingerprint density at radius 2 is 2.33 bits per heavy atom. The molecule has 0 bridgehead atoms. The molecule has 0 atom stereocenters. The van der Waals surface area contributed by atoms with E-state index in [-0.39, 0.29) is 5.91 Å². The molecule has 1 aromatic heterocycles. The van der Waals surface area contributed by atoms with Crippen molar-refractivity contribution >= 4 is 23.2 Å². The number of anilines is 1. The summed E-state index contributed by atoms with van der Waals surface area (Å²) in [6, 6.07) is 1.94. The fourth-order valence-electron chi connectivity index (χ4n) is 1.94. The average Bonchev–Trinajstić information content (AvgIpc) is 3.17. The van der Waals surface area contributed by atoms with Crippen LogP contribution in [-0.4, -0.2) is 28.4 Å². The second-order valence-electron chi connectivity index (χ2n) is 4.68. The van der Waals surface area contributed by atoms with Crippen molar-refractivity contribution in [2.75, 3.05) is 12.3 Å². The normalized spacial score (nSPS) is 14.6. The number of hydrogen-bond donors (Lipinski definition) is 1. The SMILES string of the molecule is CCCCN(C(=O)c1cc(Cl)ncc1N)C1CC1. The molecule has 0 radical (unpaired) electrons. The summed E-state index contributed by atoms with van der Waals surface area (Å²) in [4.78, 5) is 18.3. The lowest BCUT2D eigenvalue weighted by Gasteiger charge is -2.23. The molecule has 1 fully saturated rings. The summed E-state index contributed by atoms with van der Waals surface area (Å²) >= 11 is 5.83. The van der Waals surface area contributed by atoms with E-state index in [0.717, 1.165) is 32.2 Å². The van der Waals surface area contributed by atoms with Crippen molar-refractivity contribution in [1.29, 1.82) is 0 Å². The first-order valence-corrected chi connectivity index (χ1v) is 6.73. The fraction of sp³-hybridized carbons (Fsp3) is 0.538. The number of carbonyl (C=O) groups is 1. The Morgan fingerprint density at radius 1 is 1.61 bits per heavy atom. The second-order valence-corrected chi connectivity index (χ2v) is 5.06. The third-order valence-electron chi connectivity index (χ3n) is 3.13. The highest BCUT2D eigenvalue weighted by Crippen LogP contribution is 2.29. The zero-order valence-electron chi connectivity index (χ0n) is 10.5. The molecule has 0 spiro atoms. The predicted octanol–water partition coefficient (Wildman–Crippen LogP) is 2.72. The number of hydrogen-bond acceptors (Lipinski definition) is 3. The third kappa shape index (κ3) is 2.93. The van der Waals surface area contributed by atoms with E-state index in [4.69, 9.17) is 17.3 Å². The molecule has 1 saturated carbocycles. The van der Waals surface area contributed by atoms with Gasteiger partial charge in [0, 0.05) is 12.6 Å². The van der Waals surface area contributed by atoms with Crippen LogP contribution < -0.4 is 5.73 Å². The Labute approximate surface area is 112 Å². The van der Waals surface area contributed by atoms with E-state index in [1.807, 2.05) is 4.90 Å². The summed E-state index contributed by atoms with van der Waals surface area (Å²) in [6.45, 7) is 2.91. The minimum Gasteiger partial charge on any atom is -0.397 e. The van der Waals surface area contributed by atoms with Gasteiger partial charge >= 0.3 is 0 Å².